The van der Waals surface area contributed by atoms with Crippen LogP contribution in [0, 0.1) is 5.92 Å². The third kappa shape index (κ3) is 2.48. The molecule has 6 nitrogen and oxygen atoms in total. The van der Waals surface area contributed by atoms with Crippen LogP contribution in [0.2, 0.25) is 0 Å². The molecule has 4 unspecified atom stereocenters. The van der Waals surface area contributed by atoms with Gasteiger partial charge in [0.2, 0.25) is 5.91 Å². The van der Waals surface area contributed by atoms with Gasteiger partial charge in [-0.15, -0.1) is 0 Å². The second-order valence-electron chi connectivity index (χ2n) is 4.79. The molecule has 18 heavy (non-hydrogen) atoms. The highest BCUT2D eigenvalue weighted by Crippen LogP contribution is 2.26. The van der Waals surface area contributed by atoms with Crippen LogP contribution in [-0.2, 0) is 9.53 Å². The standard InChI is InChI=1S/C11H19N3O3S/c1-6-4-14(11(16)13-10(6)15)9-3-7(12-2)8(5-18)17-9/h6-9,12,18H,3-5H2,1-2H3,(H,13,15,16). The topological polar surface area (TPSA) is 70.7 Å². The molecule has 2 aliphatic heterocycles. The number of nitrogens with zero attached hydrogens (tertiary/aromatic N) is 1. The fourth-order valence-corrected chi connectivity index (χ4v) is 2.75. The van der Waals surface area contributed by atoms with Crippen molar-refractivity contribution in [2.24, 2.45) is 5.92 Å². The maximum atomic E-state index is 11.8. The number of urea groups is 1. The summed E-state index contributed by atoms with van der Waals surface area (Å²) in [6.45, 7) is 2.21. The van der Waals surface area contributed by atoms with Crippen LogP contribution in [0.4, 0.5) is 4.79 Å². The van der Waals surface area contributed by atoms with E-state index in [1.807, 2.05) is 7.05 Å². The zero-order valence-electron chi connectivity index (χ0n) is 10.5. The van der Waals surface area contributed by atoms with E-state index >= 15 is 0 Å². The molecule has 0 radical (unpaired) electrons. The van der Waals surface area contributed by atoms with E-state index in [-0.39, 0.29) is 36.2 Å². The Hall–Kier alpha value is -0.790. The van der Waals surface area contributed by atoms with Gasteiger partial charge in [-0.05, 0) is 7.05 Å². The number of carbonyl (C=O) groups excluding carboxylic acids is 2. The van der Waals surface area contributed by atoms with Crippen LogP contribution < -0.4 is 10.6 Å². The molecule has 2 rings (SSSR count). The summed E-state index contributed by atoms with van der Waals surface area (Å²) in [7, 11) is 1.87. The van der Waals surface area contributed by atoms with Crippen LogP contribution in [0.25, 0.3) is 0 Å². The molecular formula is C11H19N3O3S. The Morgan fingerprint density at radius 3 is 2.83 bits per heavy atom. The van der Waals surface area contributed by atoms with Gasteiger partial charge in [-0.25, -0.2) is 4.79 Å². The predicted octanol–water partition coefficient (Wildman–Crippen LogP) is -0.193. The summed E-state index contributed by atoms with van der Waals surface area (Å²) in [6.07, 6.45) is 0.426. The molecule has 2 N–H and O–H groups in total. The molecule has 2 saturated heterocycles. The van der Waals surface area contributed by atoms with Crippen molar-refractivity contribution in [1.29, 1.82) is 0 Å². The third-order valence-electron chi connectivity index (χ3n) is 3.54. The smallest absolute Gasteiger partial charge is 0.326 e. The van der Waals surface area contributed by atoms with E-state index in [9.17, 15) is 9.59 Å². The first-order valence-corrected chi connectivity index (χ1v) is 6.75. The predicted molar refractivity (Wildman–Crippen MR) is 69.4 cm³/mol. The summed E-state index contributed by atoms with van der Waals surface area (Å²) < 4.78 is 5.82. The van der Waals surface area contributed by atoms with Crippen molar-refractivity contribution in [2.75, 3.05) is 19.3 Å². The van der Waals surface area contributed by atoms with Crippen molar-refractivity contribution < 1.29 is 14.3 Å². The monoisotopic (exact) mass is 273 g/mol. The van der Waals surface area contributed by atoms with E-state index in [2.05, 4.69) is 23.3 Å². The highest BCUT2D eigenvalue weighted by atomic mass is 32.1. The number of thiol groups is 1. The second-order valence-corrected chi connectivity index (χ2v) is 5.16. The highest BCUT2D eigenvalue weighted by Gasteiger charge is 2.41. The van der Waals surface area contributed by atoms with Crippen molar-refractivity contribution in [1.82, 2.24) is 15.5 Å². The molecule has 0 aromatic heterocycles. The molecule has 102 valence electrons. The van der Waals surface area contributed by atoms with Crippen LogP contribution in [0.5, 0.6) is 0 Å². The fraction of sp³-hybridized carbons (Fsp3) is 0.818. The molecule has 0 bridgehead atoms. The average Bonchev–Trinajstić information content (AvgIpc) is 2.76. The van der Waals surface area contributed by atoms with E-state index < -0.39 is 0 Å². The highest BCUT2D eigenvalue weighted by molar-refractivity contribution is 7.80. The lowest BCUT2D eigenvalue weighted by Gasteiger charge is -2.34. The zero-order chi connectivity index (χ0) is 13.3. The van der Waals surface area contributed by atoms with Crippen molar-refractivity contribution in [3.8, 4) is 0 Å². The lowest BCUT2D eigenvalue weighted by molar-refractivity contribution is -0.127. The Bertz CT molecular complexity index is 340. The van der Waals surface area contributed by atoms with Crippen molar-refractivity contribution >= 4 is 24.6 Å². The van der Waals surface area contributed by atoms with E-state index in [0.717, 1.165) is 6.42 Å². The summed E-state index contributed by atoms with van der Waals surface area (Å²) >= 11 is 4.25. The lowest BCUT2D eigenvalue weighted by Crippen LogP contribution is -2.57. The van der Waals surface area contributed by atoms with Crippen molar-refractivity contribution in [3.63, 3.8) is 0 Å². The van der Waals surface area contributed by atoms with Gasteiger partial charge >= 0.3 is 6.03 Å². The number of amides is 3. The maximum absolute atomic E-state index is 11.8. The van der Waals surface area contributed by atoms with Gasteiger partial charge in [0, 0.05) is 24.8 Å². The minimum absolute atomic E-state index is 0.0101. The number of ether oxygens (including phenoxy) is 1. The quantitative estimate of drug-likeness (QED) is 0.623. The Morgan fingerprint density at radius 2 is 2.28 bits per heavy atom. The Balaban J connectivity index is 2.04. The summed E-state index contributed by atoms with van der Waals surface area (Å²) in [4.78, 5) is 24.8. The maximum Gasteiger partial charge on any atom is 0.326 e. The molecule has 0 aliphatic carbocycles. The van der Waals surface area contributed by atoms with Gasteiger partial charge in [0.05, 0.1) is 12.0 Å². The van der Waals surface area contributed by atoms with Gasteiger partial charge in [0.25, 0.3) is 0 Å². The molecular weight excluding hydrogens is 254 g/mol. The zero-order valence-corrected chi connectivity index (χ0v) is 11.4. The first kappa shape index (κ1) is 13.6. The molecule has 2 fully saturated rings. The number of hydrogen-bond acceptors (Lipinski definition) is 5. The minimum atomic E-state index is -0.363. The molecule has 0 aromatic rings. The van der Waals surface area contributed by atoms with Crippen LogP contribution >= 0.6 is 12.6 Å². The number of imide groups is 1. The summed E-state index contributed by atoms with van der Waals surface area (Å²) in [5.74, 6) is 0.186. The van der Waals surface area contributed by atoms with Gasteiger partial charge in [0.1, 0.15) is 6.23 Å². The molecule has 2 heterocycles. The first-order valence-electron chi connectivity index (χ1n) is 6.11. The Kier molecular flexibility index (Phi) is 4.14. The lowest BCUT2D eigenvalue weighted by atomic mass is 10.1. The molecule has 3 amide bonds. The fourth-order valence-electron chi connectivity index (χ4n) is 2.41. The van der Waals surface area contributed by atoms with Crippen molar-refractivity contribution in [2.45, 2.75) is 31.7 Å². The normalized spacial score (nSPS) is 36.9. The van der Waals surface area contributed by atoms with Crippen LogP contribution in [0.15, 0.2) is 0 Å². The van der Waals surface area contributed by atoms with Gasteiger partial charge in [0.15, 0.2) is 0 Å². The van der Waals surface area contributed by atoms with E-state index in [0.29, 0.717) is 12.3 Å². The number of carbonyl (C=O) groups is 2. The molecule has 4 atom stereocenters. The number of rotatable bonds is 3. The Labute approximate surface area is 112 Å². The first-order chi connectivity index (χ1) is 8.56. The van der Waals surface area contributed by atoms with Crippen molar-refractivity contribution in [3.05, 3.63) is 0 Å². The van der Waals surface area contributed by atoms with Crippen LogP contribution in [0.3, 0.4) is 0 Å². The summed E-state index contributed by atoms with van der Waals surface area (Å²) in [6, 6.07) is -0.175. The van der Waals surface area contributed by atoms with Gasteiger partial charge in [-0.2, -0.15) is 12.6 Å². The van der Waals surface area contributed by atoms with E-state index in [1.165, 1.54) is 0 Å². The molecule has 0 spiro atoms. The SMILES string of the molecule is CNC1CC(N2CC(C)C(=O)NC2=O)OC1CS. The largest absolute Gasteiger partial charge is 0.352 e. The third-order valence-corrected chi connectivity index (χ3v) is 3.90. The molecule has 2 aliphatic rings. The second kappa shape index (κ2) is 5.46. The number of hydrogen-bond donors (Lipinski definition) is 3. The number of likely N-dealkylation sites (N-methyl/N-ethyl adjacent to an activating group) is 1. The van der Waals surface area contributed by atoms with E-state index in [1.54, 1.807) is 11.8 Å². The molecule has 0 aromatic carbocycles. The van der Waals surface area contributed by atoms with Crippen LogP contribution in [-0.4, -0.2) is 54.6 Å². The van der Waals surface area contributed by atoms with Crippen LogP contribution in [0.1, 0.15) is 13.3 Å². The van der Waals surface area contributed by atoms with Gasteiger partial charge in [-0.1, -0.05) is 6.92 Å². The minimum Gasteiger partial charge on any atom is -0.352 e. The summed E-state index contributed by atoms with van der Waals surface area (Å²) in [5, 5.41) is 5.52. The number of nitrogens with one attached hydrogen (secondary N) is 2. The van der Waals surface area contributed by atoms with E-state index in [4.69, 9.17) is 4.74 Å². The molecule has 7 heteroatoms. The van der Waals surface area contributed by atoms with Gasteiger partial charge in [-0.3, -0.25) is 15.0 Å². The van der Waals surface area contributed by atoms with Gasteiger partial charge < -0.3 is 10.1 Å². The molecule has 0 saturated carbocycles. The summed E-state index contributed by atoms with van der Waals surface area (Å²) in [5.41, 5.74) is 0. The average molecular weight is 273 g/mol. The Morgan fingerprint density at radius 1 is 1.56 bits per heavy atom.